The summed E-state index contributed by atoms with van der Waals surface area (Å²) in [7, 11) is 0. The predicted molar refractivity (Wildman–Crippen MR) is 114 cm³/mol. The Kier molecular flexibility index (Phi) is 6.49. The van der Waals surface area contributed by atoms with Crippen LogP contribution in [0.4, 0.5) is 4.39 Å². The summed E-state index contributed by atoms with van der Waals surface area (Å²) < 4.78 is 21.0. The summed E-state index contributed by atoms with van der Waals surface area (Å²) in [5, 5.41) is 7.68. The minimum atomic E-state index is -0.281. The average Bonchev–Trinajstić information content (AvgIpc) is 3.12. The van der Waals surface area contributed by atoms with Crippen LogP contribution in [-0.2, 0) is 17.6 Å². The van der Waals surface area contributed by atoms with Crippen molar-refractivity contribution in [3.63, 3.8) is 0 Å². The molecule has 1 unspecified atom stereocenters. The third kappa shape index (κ3) is 4.73. The molecule has 0 saturated carbocycles. The lowest BCUT2D eigenvalue weighted by Gasteiger charge is -2.33. The molecule has 6 nitrogen and oxygen atoms in total. The highest BCUT2D eigenvalue weighted by Gasteiger charge is 2.27. The number of nitrogens with one attached hydrogen (secondary N) is 1. The highest BCUT2D eigenvalue weighted by molar-refractivity contribution is 5.94. The van der Waals surface area contributed by atoms with E-state index in [1.54, 1.807) is 12.1 Å². The Balaban J connectivity index is 1.47. The van der Waals surface area contributed by atoms with Crippen LogP contribution in [0.15, 0.2) is 24.3 Å². The molecular formula is C23H31FN4O2. The fourth-order valence-corrected chi connectivity index (χ4v) is 4.45. The molecule has 1 atom stereocenters. The van der Waals surface area contributed by atoms with Gasteiger partial charge in [0.05, 0.1) is 18.4 Å². The van der Waals surface area contributed by atoms with Gasteiger partial charge in [-0.15, -0.1) is 0 Å². The van der Waals surface area contributed by atoms with Gasteiger partial charge in [-0.3, -0.25) is 9.69 Å². The standard InChI is InChI=1S/C23H31FN4O2/c1-16(2)14-27-11-12-30-19(15-27)13-25-23(29)22-20-5-3-4-6-21(20)28(26-22)18-9-7-17(24)8-10-18/h7-10,16,19H,3-6,11-15H2,1-2H3,(H,25,29). The van der Waals surface area contributed by atoms with Gasteiger partial charge in [-0.05, 0) is 55.9 Å². The molecule has 2 aromatic rings. The summed E-state index contributed by atoms with van der Waals surface area (Å²) in [6.45, 7) is 8.43. The summed E-state index contributed by atoms with van der Waals surface area (Å²) in [6, 6.07) is 6.26. The summed E-state index contributed by atoms with van der Waals surface area (Å²) in [5.41, 5.74) is 3.36. The van der Waals surface area contributed by atoms with Crippen molar-refractivity contribution in [2.24, 2.45) is 5.92 Å². The highest BCUT2D eigenvalue weighted by Crippen LogP contribution is 2.27. The number of nitrogens with zero attached hydrogens (tertiary/aromatic N) is 3. The number of ether oxygens (including phenoxy) is 1. The van der Waals surface area contributed by atoms with Gasteiger partial charge >= 0.3 is 0 Å². The first-order chi connectivity index (χ1) is 14.5. The predicted octanol–water partition coefficient (Wildman–Crippen LogP) is 2.98. The zero-order chi connectivity index (χ0) is 21.1. The third-order valence-corrected chi connectivity index (χ3v) is 5.80. The topological polar surface area (TPSA) is 59.4 Å². The first-order valence-corrected chi connectivity index (χ1v) is 11.0. The summed E-state index contributed by atoms with van der Waals surface area (Å²) >= 11 is 0. The number of fused-ring (bicyclic) bond motifs is 1. The summed E-state index contributed by atoms with van der Waals surface area (Å²) in [5.74, 6) is 0.176. The number of hydrogen-bond acceptors (Lipinski definition) is 4. The number of carbonyl (C=O) groups is 1. The summed E-state index contributed by atoms with van der Waals surface area (Å²) in [4.78, 5) is 15.4. The van der Waals surface area contributed by atoms with Crippen molar-refractivity contribution >= 4 is 5.91 Å². The molecule has 1 aromatic carbocycles. The molecule has 1 aromatic heterocycles. The molecule has 0 spiro atoms. The van der Waals surface area contributed by atoms with Crippen molar-refractivity contribution in [2.75, 3.05) is 32.8 Å². The highest BCUT2D eigenvalue weighted by atomic mass is 19.1. The molecule has 1 saturated heterocycles. The minimum Gasteiger partial charge on any atom is -0.374 e. The van der Waals surface area contributed by atoms with Gasteiger partial charge in [-0.25, -0.2) is 9.07 Å². The number of hydrogen-bond donors (Lipinski definition) is 1. The Morgan fingerprint density at radius 1 is 1.27 bits per heavy atom. The van der Waals surface area contributed by atoms with E-state index in [1.165, 1.54) is 12.1 Å². The Morgan fingerprint density at radius 3 is 2.80 bits per heavy atom. The largest absolute Gasteiger partial charge is 0.374 e. The second-order valence-corrected chi connectivity index (χ2v) is 8.73. The Morgan fingerprint density at radius 2 is 2.03 bits per heavy atom. The number of aromatic nitrogens is 2. The van der Waals surface area contributed by atoms with Crippen molar-refractivity contribution in [1.82, 2.24) is 20.0 Å². The fourth-order valence-electron chi connectivity index (χ4n) is 4.45. The van der Waals surface area contributed by atoms with Crippen LogP contribution >= 0.6 is 0 Å². The van der Waals surface area contributed by atoms with Crippen LogP contribution in [0.25, 0.3) is 5.69 Å². The van der Waals surface area contributed by atoms with Crippen molar-refractivity contribution in [3.05, 3.63) is 47.0 Å². The van der Waals surface area contributed by atoms with Crippen LogP contribution < -0.4 is 5.32 Å². The third-order valence-electron chi connectivity index (χ3n) is 5.80. The minimum absolute atomic E-state index is 0.00328. The molecule has 162 valence electrons. The van der Waals surface area contributed by atoms with Crippen LogP contribution in [0, 0.1) is 11.7 Å². The molecule has 1 aliphatic carbocycles. The summed E-state index contributed by atoms with van der Waals surface area (Å²) in [6.07, 6.45) is 3.85. The van der Waals surface area contributed by atoms with Crippen LogP contribution in [0.3, 0.4) is 0 Å². The van der Waals surface area contributed by atoms with E-state index in [1.807, 2.05) is 4.68 Å². The Labute approximate surface area is 177 Å². The van der Waals surface area contributed by atoms with E-state index in [-0.39, 0.29) is 17.8 Å². The quantitative estimate of drug-likeness (QED) is 0.790. The lowest BCUT2D eigenvalue weighted by atomic mass is 9.95. The van der Waals surface area contributed by atoms with Gasteiger partial charge in [0.2, 0.25) is 0 Å². The molecule has 4 rings (SSSR count). The molecule has 7 heteroatoms. The molecule has 0 bridgehead atoms. The normalized spacial score (nSPS) is 19.7. The molecule has 1 aliphatic heterocycles. The first kappa shape index (κ1) is 21.0. The number of amides is 1. The lowest BCUT2D eigenvalue weighted by Crippen LogP contribution is -2.48. The first-order valence-electron chi connectivity index (χ1n) is 11.0. The Bertz CT molecular complexity index is 878. The fraction of sp³-hybridized carbons (Fsp3) is 0.565. The van der Waals surface area contributed by atoms with Crippen molar-refractivity contribution in [1.29, 1.82) is 0 Å². The van der Waals surface area contributed by atoms with Crippen LogP contribution in [0.1, 0.15) is 48.4 Å². The number of carbonyl (C=O) groups excluding carboxylic acids is 1. The van der Waals surface area contributed by atoms with E-state index >= 15 is 0 Å². The van der Waals surface area contributed by atoms with Crippen molar-refractivity contribution in [3.8, 4) is 5.69 Å². The van der Waals surface area contributed by atoms with Crippen molar-refractivity contribution < 1.29 is 13.9 Å². The van der Waals surface area contributed by atoms with Crippen LogP contribution in [-0.4, -0.2) is 59.5 Å². The molecule has 0 radical (unpaired) electrons. The van der Waals surface area contributed by atoms with E-state index in [9.17, 15) is 9.18 Å². The second kappa shape index (κ2) is 9.27. The maximum Gasteiger partial charge on any atom is 0.272 e. The SMILES string of the molecule is CC(C)CN1CCOC(CNC(=O)c2nn(-c3ccc(F)cc3)c3c2CCCC3)C1. The molecule has 1 N–H and O–H groups in total. The van der Waals surface area contributed by atoms with E-state index in [0.29, 0.717) is 24.8 Å². The second-order valence-electron chi connectivity index (χ2n) is 8.73. The maximum absolute atomic E-state index is 13.3. The number of rotatable bonds is 6. The lowest BCUT2D eigenvalue weighted by molar-refractivity contribution is -0.0296. The molecule has 30 heavy (non-hydrogen) atoms. The van der Waals surface area contributed by atoms with E-state index in [2.05, 4.69) is 29.2 Å². The van der Waals surface area contributed by atoms with Gasteiger partial charge in [-0.1, -0.05) is 13.8 Å². The van der Waals surface area contributed by atoms with E-state index < -0.39 is 0 Å². The van der Waals surface area contributed by atoms with Gasteiger partial charge < -0.3 is 10.1 Å². The zero-order valence-corrected chi connectivity index (χ0v) is 17.9. The number of benzene rings is 1. The molecular weight excluding hydrogens is 383 g/mol. The monoisotopic (exact) mass is 414 g/mol. The van der Waals surface area contributed by atoms with Gasteiger partial charge in [0.25, 0.3) is 5.91 Å². The zero-order valence-electron chi connectivity index (χ0n) is 17.9. The maximum atomic E-state index is 13.3. The average molecular weight is 415 g/mol. The van der Waals surface area contributed by atoms with Crippen LogP contribution in [0.5, 0.6) is 0 Å². The van der Waals surface area contributed by atoms with Gasteiger partial charge in [-0.2, -0.15) is 5.10 Å². The van der Waals surface area contributed by atoms with Gasteiger partial charge in [0.1, 0.15) is 5.82 Å². The van der Waals surface area contributed by atoms with Gasteiger partial charge in [0, 0.05) is 37.4 Å². The molecule has 2 heterocycles. The van der Waals surface area contributed by atoms with E-state index in [4.69, 9.17) is 4.74 Å². The Hall–Kier alpha value is -2.25. The van der Waals surface area contributed by atoms with Crippen LogP contribution in [0.2, 0.25) is 0 Å². The molecule has 2 aliphatic rings. The van der Waals surface area contributed by atoms with Gasteiger partial charge in [0.15, 0.2) is 5.69 Å². The molecule has 1 amide bonds. The van der Waals surface area contributed by atoms with E-state index in [0.717, 1.165) is 62.3 Å². The number of morpholine rings is 1. The smallest absolute Gasteiger partial charge is 0.272 e. The van der Waals surface area contributed by atoms with Crippen molar-refractivity contribution in [2.45, 2.75) is 45.6 Å². The number of halogens is 1. The molecule has 1 fully saturated rings.